The highest BCUT2D eigenvalue weighted by atomic mass is 33.6. The van der Waals surface area contributed by atoms with Crippen molar-refractivity contribution < 1.29 is 9.59 Å². The van der Waals surface area contributed by atoms with Crippen LogP contribution in [0.15, 0.2) is 18.2 Å². The predicted octanol–water partition coefficient (Wildman–Crippen LogP) is 3.59. The normalized spacial score (nSPS) is 8.67. The minimum atomic E-state index is -0.488. The Hall–Kier alpha value is 15.7. The van der Waals surface area contributed by atoms with E-state index in [0.717, 1.165) is 11.8 Å². The highest BCUT2D eigenvalue weighted by Gasteiger charge is 2.23. The Balaban J connectivity index is 0.00000422. The average Bonchev–Trinajstić information content (AvgIpc) is 0.828. The molecule has 1 amide bonds. The zero-order chi connectivity index (χ0) is 71.3. The summed E-state index contributed by atoms with van der Waals surface area (Å²) >= 11 is 9.65. The van der Waals surface area contributed by atoms with E-state index in [1.54, 1.807) is 113 Å². The molecule has 0 aliphatic heterocycles. The lowest BCUT2D eigenvalue weighted by Gasteiger charge is -2.22. The Labute approximate surface area is 797 Å². The van der Waals surface area contributed by atoms with Crippen LogP contribution < -0.4 is 5.32 Å². The van der Waals surface area contributed by atoms with Crippen molar-refractivity contribution in [2.24, 2.45) is 5.41 Å². The van der Waals surface area contributed by atoms with E-state index in [1.807, 2.05) is 592 Å². The van der Waals surface area contributed by atoms with E-state index in [1.165, 1.54) is 17.8 Å². The topological polar surface area (TPSA) is 46.2 Å². The lowest BCUT2D eigenvalue weighted by Crippen LogP contribution is -2.28. The minimum absolute atomic E-state index is 0.0252. The summed E-state index contributed by atoms with van der Waals surface area (Å²) in [7, 11) is 139. The highest BCUT2D eigenvalue weighted by Crippen LogP contribution is 2.28. The van der Waals surface area contributed by atoms with Gasteiger partial charge < -0.3 is 5.32 Å². The first-order valence-corrected chi connectivity index (χ1v) is 123. The number of benzene rings is 1. The summed E-state index contributed by atoms with van der Waals surface area (Å²) in [6.45, 7) is 11.8. The van der Waals surface area contributed by atoms with Crippen molar-refractivity contribution in [2.45, 2.75) is 47.0 Å². The molecule has 1 aromatic carbocycles. The molecule has 3 nitrogen and oxygen atoms in total. The van der Waals surface area contributed by atoms with E-state index in [0.29, 0.717) is 11.3 Å². The van der Waals surface area contributed by atoms with E-state index in [4.69, 9.17) is 22.4 Å². The van der Waals surface area contributed by atoms with Crippen LogP contribution in [0.4, 0.5) is 5.69 Å². The van der Waals surface area contributed by atoms with Gasteiger partial charge in [0.25, 0.3) is 0 Å². The van der Waals surface area contributed by atoms with Gasteiger partial charge >= 0.3 is 0 Å². The van der Waals surface area contributed by atoms with Crippen LogP contribution >= 0.6 is 0 Å². The van der Waals surface area contributed by atoms with Gasteiger partial charge in [-0.15, -0.1) is 0 Å². The summed E-state index contributed by atoms with van der Waals surface area (Å²) in [6, 6.07) is 5.57. The molecule has 0 aromatic heterocycles. The Kier molecular flexibility index (Phi) is 110. The van der Waals surface area contributed by atoms with Crippen LogP contribution in [0.1, 0.15) is 57.5 Å². The molecule has 82 heteroatoms. The quantitative estimate of drug-likeness (QED) is 0.461. The standard InChI is InChI=1S/C16H23NO2.S79/c1-15(2,3)12-8-7-11(10-18)13(9-12)17-14(19)16(4,5)6;1-3-5-7-9-11-13-15-17-19-21-23-25-27-29-31-33-35-37-39-41-43-45-47-49-51-53-55-57-59-61-63-65-67-69-71-73-75-77-79-78-76-74-72-70-68-66-64-62-60-58-56-54-52-50-48-46-44-42-40-38-36-34-32-30-28-26-24-22-20-18-16-14-12-10-8-6-4-2/h7-10H,1-6H3,(H,17,19);. The molecule has 0 atom stereocenters. The molecule has 0 fully saturated rings. The van der Waals surface area contributed by atoms with E-state index >= 15 is 0 Å². The molecule has 0 aliphatic rings. The predicted molar refractivity (Wildman–Crippen MR) is 660 cm³/mol. The summed E-state index contributed by atoms with van der Waals surface area (Å²) in [4.78, 5) is 23.1. The number of nitrogens with one attached hydrogen (secondary N) is 1. The van der Waals surface area contributed by atoms with Gasteiger partial charge in [-0.05, 0) is 23.1 Å². The van der Waals surface area contributed by atoms with Gasteiger partial charge in [-0.3, -0.25) is 9.59 Å². The summed E-state index contributed by atoms with van der Waals surface area (Å²) in [6.07, 6.45) is 0.769. The van der Waals surface area contributed by atoms with Gasteiger partial charge in [-0.2, -0.15) is 0 Å². The van der Waals surface area contributed by atoms with Gasteiger partial charge in [-0.25, -0.2) is 0 Å². The molecule has 0 heterocycles. The van der Waals surface area contributed by atoms with Crippen LogP contribution in [0.5, 0.6) is 0 Å². The third-order valence-corrected chi connectivity index (χ3v) is 174. The zero-order valence-electron chi connectivity index (χ0n) is 44.9. The van der Waals surface area contributed by atoms with Crippen molar-refractivity contribution in [1.82, 2.24) is 0 Å². The summed E-state index contributed by atoms with van der Waals surface area (Å²) in [5.74, 6) is -0.0957. The second-order valence-electron chi connectivity index (χ2n) is 12.1. The van der Waals surface area contributed by atoms with Gasteiger partial charge in [0.05, 0.1) is 5.69 Å². The molecule has 1 rings (SSSR count). The molecule has 1 N–H and O–H groups in total. The third kappa shape index (κ3) is 91.0. The zero-order valence-corrected chi connectivity index (χ0v) is 109. The summed E-state index contributed by atoms with van der Waals surface area (Å²) in [5, 5.41) is 2.84. The Morgan fingerprint density at radius 3 is 0.520 bits per heavy atom. The van der Waals surface area contributed by atoms with Gasteiger partial charge in [0.2, 0.25) is 5.91 Å². The van der Waals surface area contributed by atoms with Crippen LogP contribution in [0.2, 0.25) is 0 Å². The summed E-state index contributed by atoms with van der Waals surface area (Å²) in [5.41, 5.74) is 1.66. The SMILES string of the molecule is CC(C)(C)C(=O)Nc1cc(C(C)(C)C)ccc1C=O.S=S=S=S=S=S=S=S=S=S=S=S=S=S=S=S=S=S=S=S=S=S=S=S=S=S=S=S=S=S=S=S=S=S=S=S=S=S=S=S=S=S=S=S=S=S=S=S=S=S=S=S=S=S=S=S=S=S=S=S=S=S=S=S=S=S=S=S=S=S=S=S=S=S=S=S=S=S=S. The van der Waals surface area contributed by atoms with Crippen molar-refractivity contribution >= 4 is 724 Å². The highest BCUT2D eigenvalue weighted by molar-refractivity contribution is 8.85. The number of carbonyl (C=O) groups is 2. The number of rotatable bonds is 2. The number of aldehydes is 1. The molecule has 0 spiro atoms. The lowest BCUT2D eigenvalue weighted by molar-refractivity contribution is -0.123. The van der Waals surface area contributed by atoms with Crippen molar-refractivity contribution in [1.29, 1.82) is 0 Å². The van der Waals surface area contributed by atoms with E-state index in [9.17, 15) is 9.59 Å². The fourth-order valence-electron chi connectivity index (χ4n) is 2.39. The second-order valence-corrected chi connectivity index (χ2v) is 148. The van der Waals surface area contributed by atoms with Gasteiger partial charge in [0, 0.05) is 717 Å². The van der Waals surface area contributed by atoms with Crippen molar-refractivity contribution in [3.05, 3.63) is 29.3 Å². The van der Waals surface area contributed by atoms with Gasteiger partial charge in [-0.1, -0.05) is 47.6 Å². The second kappa shape index (κ2) is 95.0. The lowest BCUT2D eigenvalue weighted by atomic mass is 9.86. The Bertz CT molecular complexity index is 6620. The molecular formula is C16H23NO2S79. The van der Waals surface area contributed by atoms with Crippen LogP contribution in [0.3, 0.4) is 0 Å². The first kappa shape index (κ1) is 114. The van der Waals surface area contributed by atoms with E-state index < -0.39 is 5.41 Å². The van der Waals surface area contributed by atoms with Crippen LogP contribution in [-0.2, 0) is 716 Å². The smallest absolute Gasteiger partial charge is 0.229 e. The number of carbonyl (C=O) groups excluding carboxylic acids is 2. The maximum atomic E-state index is 12.0. The number of hydrogen-bond donors (Lipinski definition) is 1. The molecule has 578 valence electrons. The molecule has 0 aliphatic carbocycles. The molecular weight excluding hydrogens is 2770 g/mol. The average molecular weight is 2790 g/mol. The molecule has 1 aromatic rings. The third-order valence-electron chi connectivity index (χ3n) is 5.09. The molecule has 0 saturated heterocycles. The monoisotopic (exact) mass is 2790 g/mol. The van der Waals surface area contributed by atoms with Crippen molar-refractivity contribution in [3.8, 4) is 0 Å². The van der Waals surface area contributed by atoms with Crippen molar-refractivity contribution in [3.63, 3.8) is 0 Å². The molecule has 98 heavy (non-hydrogen) atoms. The number of amides is 1. The van der Waals surface area contributed by atoms with Crippen molar-refractivity contribution in [2.75, 3.05) is 5.32 Å². The maximum absolute atomic E-state index is 12.0. The Morgan fingerprint density at radius 2 is 0.408 bits per heavy atom. The fraction of sp³-hybridized carbons (Fsp3) is 0.500. The fourth-order valence-corrected chi connectivity index (χ4v) is 208. The molecule has 0 bridgehead atoms. The van der Waals surface area contributed by atoms with E-state index in [-0.39, 0.29) is 11.3 Å². The Morgan fingerprint density at radius 1 is 0.265 bits per heavy atom. The largest absolute Gasteiger partial charge is 0.325 e. The number of anilines is 1. The molecule has 0 saturated carbocycles. The number of hydrogen-bond acceptors (Lipinski definition) is 4. The maximum Gasteiger partial charge on any atom is 0.229 e. The van der Waals surface area contributed by atoms with Crippen LogP contribution in [-0.4, -0.2) is 12.2 Å². The first-order valence-electron chi connectivity index (χ1n) is 19.5. The van der Waals surface area contributed by atoms with Gasteiger partial charge in [0.15, 0.2) is 6.29 Å². The van der Waals surface area contributed by atoms with Crippen LogP contribution in [0, 0.1) is 5.41 Å². The van der Waals surface area contributed by atoms with E-state index in [2.05, 4.69) is 26.1 Å². The first-order chi connectivity index (χ1) is 48.0. The van der Waals surface area contributed by atoms with Crippen LogP contribution in [0.25, 0.3) is 0 Å². The summed E-state index contributed by atoms with van der Waals surface area (Å²) < 4.78 is 0. The molecule has 0 radical (unpaired) electrons. The molecule has 0 unspecified atom stereocenters. The minimum Gasteiger partial charge on any atom is -0.325 e. The van der Waals surface area contributed by atoms with Gasteiger partial charge in [0.1, 0.15) is 0 Å².